The molecule has 3 aromatic rings. The van der Waals surface area contributed by atoms with E-state index in [4.69, 9.17) is 4.74 Å². The van der Waals surface area contributed by atoms with Crippen LogP contribution in [-0.4, -0.2) is 52.6 Å². The third-order valence-corrected chi connectivity index (χ3v) is 6.87. The number of amides is 1. The molecule has 2 saturated heterocycles. The van der Waals surface area contributed by atoms with Crippen molar-refractivity contribution in [2.24, 2.45) is 0 Å². The van der Waals surface area contributed by atoms with Crippen molar-refractivity contribution in [1.29, 1.82) is 0 Å². The van der Waals surface area contributed by atoms with Gasteiger partial charge in [-0.15, -0.1) is 11.3 Å². The topological polar surface area (TPSA) is 58.6 Å². The Morgan fingerprint density at radius 1 is 1.10 bits per heavy atom. The van der Waals surface area contributed by atoms with Gasteiger partial charge in [0.15, 0.2) is 0 Å². The van der Waals surface area contributed by atoms with Crippen molar-refractivity contribution in [2.75, 3.05) is 31.1 Å². The SMILES string of the molecule is O=C1CCOC2(CCN(c3ncnc4ccsc34)CC2)CN1Cc1ccccc1. The number of ether oxygens (including phenoxy) is 1. The molecule has 0 N–H and O–H groups in total. The number of carbonyl (C=O) groups excluding carboxylic acids is 1. The summed E-state index contributed by atoms with van der Waals surface area (Å²) in [7, 11) is 0. The van der Waals surface area contributed by atoms with E-state index >= 15 is 0 Å². The quantitative estimate of drug-likeness (QED) is 0.664. The lowest BCUT2D eigenvalue weighted by atomic mass is 9.90. The molecule has 5 rings (SSSR count). The van der Waals surface area contributed by atoms with Crippen molar-refractivity contribution < 1.29 is 9.53 Å². The molecule has 0 bridgehead atoms. The lowest BCUT2D eigenvalue weighted by Crippen LogP contribution is -2.52. The molecular weight excluding hydrogens is 384 g/mol. The van der Waals surface area contributed by atoms with Crippen molar-refractivity contribution >= 4 is 33.3 Å². The minimum absolute atomic E-state index is 0.184. The summed E-state index contributed by atoms with van der Waals surface area (Å²) in [5.41, 5.74) is 1.90. The first-order valence-corrected chi connectivity index (χ1v) is 11.0. The highest BCUT2D eigenvalue weighted by atomic mass is 32.1. The standard InChI is InChI=1S/C22H24N4O2S/c27-19-6-12-28-22(15-26(19)14-17-4-2-1-3-5-17)8-10-25(11-9-22)21-20-18(7-13-29-20)23-16-24-21/h1-5,7,13,16H,6,8-12,14-15H2. The summed E-state index contributed by atoms with van der Waals surface area (Å²) in [6, 6.07) is 12.3. The number of benzene rings is 1. The normalized spacial score (nSPS) is 19.7. The molecule has 2 aliphatic heterocycles. The van der Waals surface area contributed by atoms with E-state index in [2.05, 4.69) is 32.4 Å². The van der Waals surface area contributed by atoms with Gasteiger partial charge < -0.3 is 14.5 Å². The fourth-order valence-electron chi connectivity index (χ4n) is 4.37. The van der Waals surface area contributed by atoms with Gasteiger partial charge in [-0.1, -0.05) is 30.3 Å². The second-order valence-electron chi connectivity index (χ2n) is 7.84. The zero-order valence-electron chi connectivity index (χ0n) is 16.3. The Morgan fingerprint density at radius 3 is 2.76 bits per heavy atom. The summed E-state index contributed by atoms with van der Waals surface area (Å²) in [5.74, 6) is 1.20. The smallest absolute Gasteiger partial charge is 0.225 e. The fraction of sp³-hybridized carbons (Fsp3) is 0.409. The molecule has 29 heavy (non-hydrogen) atoms. The van der Waals surface area contributed by atoms with Crippen LogP contribution in [0.2, 0.25) is 0 Å². The number of piperidine rings is 1. The molecule has 0 aliphatic carbocycles. The molecule has 0 unspecified atom stereocenters. The second-order valence-corrected chi connectivity index (χ2v) is 8.75. The Labute approximate surface area is 174 Å². The van der Waals surface area contributed by atoms with Crippen LogP contribution in [-0.2, 0) is 16.1 Å². The van der Waals surface area contributed by atoms with E-state index < -0.39 is 0 Å². The molecule has 150 valence electrons. The Bertz CT molecular complexity index is 998. The van der Waals surface area contributed by atoms with Crippen LogP contribution in [0.4, 0.5) is 5.82 Å². The molecule has 6 nitrogen and oxygen atoms in total. The van der Waals surface area contributed by atoms with Gasteiger partial charge in [0.25, 0.3) is 0 Å². The molecule has 1 spiro atoms. The summed E-state index contributed by atoms with van der Waals surface area (Å²) in [6.07, 6.45) is 3.89. The first-order chi connectivity index (χ1) is 14.2. The number of rotatable bonds is 3. The number of fused-ring (bicyclic) bond motifs is 1. The zero-order valence-corrected chi connectivity index (χ0v) is 17.1. The number of hydrogen-bond donors (Lipinski definition) is 0. The second kappa shape index (κ2) is 7.72. The Kier molecular flexibility index (Phi) is 4.93. The van der Waals surface area contributed by atoms with Crippen LogP contribution < -0.4 is 4.90 Å². The van der Waals surface area contributed by atoms with Crippen LogP contribution in [0.15, 0.2) is 48.1 Å². The molecule has 0 atom stereocenters. The van der Waals surface area contributed by atoms with Crippen molar-refractivity contribution in [3.63, 3.8) is 0 Å². The summed E-state index contributed by atoms with van der Waals surface area (Å²) in [5, 5.41) is 2.07. The third-order valence-electron chi connectivity index (χ3n) is 5.97. The Balaban J connectivity index is 1.32. The predicted molar refractivity (Wildman–Crippen MR) is 114 cm³/mol. The first kappa shape index (κ1) is 18.5. The molecule has 2 aliphatic rings. The van der Waals surface area contributed by atoms with Gasteiger partial charge in [0.05, 0.1) is 35.4 Å². The van der Waals surface area contributed by atoms with Gasteiger partial charge >= 0.3 is 0 Å². The largest absolute Gasteiger partial charge is 0.372 e. The highest BCUT2D eigenvalue weighted by molar-refractivity contribution is 7.17. The Hall–Kier alpha value is -2.51. The monoisotopic (exact) mass is 408 g/mol. The highest BCUT2D eigenvalue weighted by Crippen LogP contribution is 2.35. The van der Waals surface area contributed by atoms with Gasteiger partial charge in [0, 0.05) is 19.6 Å². The lowest BCUT2D eigenvalue weighted by Gasteiger charge is -2.43. The number of hydrogen-bond acceptors (Lipinski definition) is 6. The van der Waals surface area contributed by atoms with Gasteiger partial charge in [0.1, 0.15) is 12.1 Å². The van der Waals surface area contributed by atoms with Gasteiger partial charge in [-0.05, 0) is 29.9 Å². The van der Waals surface area contributed by atoms with E-state index in [0.29, 0.717) is 26.1 Å². The maximum Gasteiger partial charge on any atom is 0.225 e. The summed E-state index contributed by atoms with van der Waals surface area (Å²) >= 11 is 1.69. The minimum atomic E-state index is -0.265. The summed E-state index contributed by atoms with van der Waals surface area (Å²) < 4.78 is 7.45. The van der Waals surface area contributed by atoms with Crippen LogP contribution in [0.3, 0.4) is 0 Å². The third kappa shape index (κ3) is 3.72. The maximum absolute atomic E-state index is 12.7. The van der Waals surface area contributed by atoms with Crippen LogP contribution >= 0.6 is 11.3 Å². The number of anilines is 1. The molecule has 1 aromatic carbocycles. The summed E-state index contributed by atoms with van der Waals surface area (Å²) in [4.78, 5) is 25.9. The lowest BCUT2D eigenvalue weighted by molar-refractivity contribution is -0.132. The minimum Gasteiger partial charge on any atom is -0.372 e. The molecule has 0 saturated carbocycles. The fourth-order valence-corrected chi connectivity index (χ4v) is 5.23. The highest BCUT2D eigenvalue weighted by Gasteiger charge is 2.40. The number of thiophene rings is 1. The van der Waals surface area contributed by atoms with Crippen LogP contribution in [0, 0.1) is 0 Å². The van der Waals surface area contributed by atoms with Crippen LogP contribution in [0.1, 0.15) is 24.8 Å². The van der Waals surface area contributed by atoms with Gasteiger partial charge in [0.2, 0.25) is 5.91 Å². The molecule has 7 heteroatoms. The van der Waals surface area contributed by atoms with E-state index in [1.54, 1.807) is 17.7 Å². The van der Waals surface area contributed by atoms with Crippen molar-refractivity contribution in [1.82, 2.24) is 14.9 Å². The number of carbonyl (C=O) groups is 1. The average Bonchev–Trinajstić information content (AvgIpc) is 3.18. The molecule has 1 amide bonds. The molecule has 4 heterocycles. The van der Waals surface area contributed by atoms with E-state index in [9.17, 15) is 4.79 Å². The van der Waals surface area contributed by atoms with Gasteiger partial charge in [-0.2, -0.15) is 0 Å². The van der Waals surface area contributed by atoms with Gasteiger partial charge in [-0.3, -0.25) is 4.79 Å². The van der Waals surface area contributed by atoms with Crippen molar-refractivity contribution in [3.8, 4) is 0 Å². The van der Waals surface area contributed by atoms with E-state index in [1.807, 2.05) is 29.2 Å². The summed E-state index contributed by atoms with van der Waals surface area (Å²) in [6.45, 7) is 3.56. The van der Waals surface area contributed by atoms with Crippen LogP contribution in [0.25, 0.3) is 10.2 Å². The number of nitrogens with zero attached hydrogens (tertiary/aromatic N) is 4. The molecule has 2 aromatic heterocycles. The van der Waals surface area contributed by atoms with Crippen LogP contribution in [0.5, 0.6) is 0 Å². The van der Waals surface area contributed by atoms with E-state index in [-0.39, 0.29) is 11.5 Å². The zero-order chi connectivity index (χ0) is 19.7. The molecular formula is C22H24N4O2S. The maximum atomic E-state index is 12.7. The van der Waals surface area contributed by atoms with Gasteiger partial charge in [-0.25, -0.2) is 9.97 Å². The first-order valence-electron chi connectivity index (χ1n) is 10.1. The van der Waals surface area contributed by atoms with E-state index in [0.717, 1.165) is 47.5 Å². The number of aromatic nitrogens is 2. The van der Waals surface area contributed by atoms with Crippen molar-refractivity contribution in [3.05, 3.63) is 53.7 Å². The average molecular weight is 409 g/mol. The van der Waals surface area contributed by atoms with E-state index in [1.165, 1.54) is 0 Å². The molecule has 2 fully saturated rings. The van der Waals surface area contributed by atoms with Crippen molar-refractivity contribution in [2.45, 2.75) is 31.4 Å². The molecule has 0 radical (unpaired) electrons. The predicted octanol–water partition coefficient (Wildman–Crippen LogP) is 3.48. The Morgan fingerprint density at radius 2 is 1.93 bits per heavy atom.